The number of rotatable bonds is 4. The number of nitrogens with zero attached hydrogens (tertiary/aromatic N) is 3. The fourth-order valence-electron chi connectivity index (χ4n) is 2.89. The molecule has 0 amide bonds. The van der Waals surface area contributed by atoms with Gasteiger partial charge in [0, 0.05) is 0 Å². The first-order valence-corrected chi connectivity index (χ1v) is 8.46. The summed E-state index contributed by atoms with van der Waals surface area (Å²) in [6.45, 7) is 9.02. The van der Waals surface area contributed by atoms with Crippen molar-refractivity contribution in [1.82, 2.24) is 9.38 Å². The van der Waals surface area contributed by atoms with Crippen LogP contribution in [0, 0.1) is 18.3 Å². The predicted octanol–water partition coefficient (Wildman–Crippen LogP) is 4.59. The molecule has 0 radical (unpaired) electrons. The Labute approximate surface area is 148 Å². The Kier molecular flexibility index (Phi) is 4.50. The summed E-state index contributed by atoms with van der Waals surface area (Å²) in [5, 5.41) is 9.08. The number of fused-ring (bicyclic) bond motifs is 1. The zero-order valence-electron chi connectivity index (χ0n) is 15.2. The normalized spacial score (nSPS) is 11.5. The third kappa shape index (κ3) is 3.51. The molecule has 0 unspecified atom stereocenters. The summed E-state index contributed by atoms with van der Waals surface area (Å²) < 4.78 is 7.98. The highest BCUT2D eigenvalue weighted by atomic mass is 16.5. The van der Waals surface area contributed by atoms with E-state index in [-0.39, 0.29) is 5.41 Å². The monoisotopic (exact) mass is 333 g/mol. The Hall–Kier alpha value is -2.80. The van der Waals surface area contributed by atoms with Crippen molar-refractivity contribution in [3.8, 4) is 11.9 Å². The lowest BCUT2D eigenvalue weighted by Gasteiger charge is -2.19. The van der Waals surface area contributed by atoms with Crippen LogP contribution in [0.3, 0.4) is 0 Å². The van der Waals surface area contributed by atoms with E-state index >= 15 is 0 Å². The highest BCUT2D eigenvalue weighted by molar-refractivity contribution is 5.47. The van der Waals surface area contributed by atoms with Gasteiger partial charge in [-0.25, -0.2) is 4.98 Å². The first-order valence-electron chi connectivity index (χ1n) is 8.46. The summed E-state index contributed by atoms with van der Waals surface area (Å²) >= 11 is 0. The average Bonchev–Trinajstić information content (AvgIpc) is 2.89. The summed E-state index contributed by atoms with van der Waals surface area (Å²) in [5.74, 6) is 0.711. The van der Waals surface area contributed by atoms with Crippen molar-refractivity contribution in [3.63, 3.8) is 0 Å². The third-order valence-corrected chi connectivity index (χ3v) is 4.36. The molecule has 0 bridgehead atoms. The van der Waals surface area contributed by atoms with Crippen LogP contribution in [0.2, 0.25) is 0 Å². The number of imidazole rings is 1. The Morgan fingerprint density at radius 3 is 2.48 bits per heavy atom. The van der Waals surface area contributed by atoms with Gasteiger partial charge >= 0.3 is 0 Å². The maximum Gasteiger partial charge on any atom is 0.199 e. The van der Waals surface area contributed by atoms with Crippen LogP contribution < -0.4 is 4.74 Å². The summed E-state index contributed by atoms with van der Waals surface area (Å²) in [6.07, 6.45) is 0.313. The Morgan fingerprint density at radius 1 is 1.12 bits per heavy atom. The number of aryl methyl sites for hydroxylation is 1. The number of pyridine rings is 1. The smallest absolute Gasteiger partial charge is 0.199 e. The van der Waals surface area contributed by atoms with Gasteiger partial charge in [0.1, 0.15) is 12.3 Å². The minimum absolute atomic E-state index is 0.144. The number of nitriles is 1. The van der Waals surface area contributed by atoms with Crippen LogP contribution >= 0.6 is 0 Å². The highest BCUT2D eigenvalue weighted by Gasteiger charge is 2.14. The quantitative estimate of drug-likeness (QED) is 0.702. The van der Waals surface area contributed by atoms with Gasteiger partial charge in [0.05, 0.1) is 23.9 Å². The van der Waals surface area contributed by atoms with Crippen molar-refractivity contribution in [3.05, 3.63) is 65.0 Å². The number of benzene rings is 1. The molecule has 4 heteroatoms. The molecule has 3 rings (SSSR count). The van der Waals surface area contributed by atoms with Crippen molar-refractivity contribution in [2.24, 2.45) is 0 Å². The van der Waals surface area contributed by atoms with Crippen LogP contribution in [0.25, 0.3) is 5.65 Å². The van der Waals surface area contributed by atoms with Crippen molar-refractivity contribution >= 4 is 5.65 Å². The summed E-state index contributed by atoms with van der Waals surface area (Å²) in [6, 6.07) is 16.5. The van der Waals surface area contributed by atoms with Crippen LogP contribution in [0.5, 0.6) is 5.88 Å². The van der Waals surface area contributed by atoms with E-state index in [4.69, 9.17) is 10.00 Å². The standard InChI is InChI=1S/C21H23N3O/c1-15-18(12-13-22)24-19(23-15)6-5-7-20(24)25-14-16-8-10-17(11-9-16)21(2,3)4/h5-11H,12,14H2,1-4H3. The summed E-state index contributed by atoms with van der Waals surface area (Å²) in [4.78, 5) is 4.52. The Balaban J connectivity index is 1.85. The Morgan fingerprint density at radius 2 is 1.84 bits per heavy atom. The molecule has 0 fully saturated rings. The minimum atomic E-state index is 0.144. The van der Waals surface area contributed by atoms with Gasteiger partial charge in [-0.15, -0.1) is 0 Å². The van der Waals surface area contributed by atoms with Crippen LogP contribution in [0.1, 0.15) is 43.3 Å². The van der Waals surface area contributed by atoms with Gasteiger partial charge in [-0.1, -0.05) is 51.1 Å². The van der Waals surface area contributed by atoms with Gasteiger partial charge in [-0.2, -0.15) is 5.26 Å². The van der Waals surface area contributed by atoms with E-state index in [1.807, 2.05) is 29.5 Å². The molecule has 1 aromatic carbocycles. The van der Waals surface area contributed by atoms with E-state index < -0.39 is 0 Å². The fourth-order valence-corrected chi connectivity index (χ4v) is 2.89. The van der Waals surface area contributed by atoms with Gasteiger partial charge in [-0.05, 0) is 35.6 Å². The number of hydrogen-bond donors (Lipinski definition) is 0. The van der Waals surface area contributed by atoms with E-state index in [1.54, 1.807) is 0 Å². The van der Waals surface area contributed by atoms with Crippen molar-refractivity contribution < 1.29 is 4.74 Å². The van der Waals surface area contributed by atoms with Crippen LogP contribution in [-0.4, -0.2) is 9.38 Å². The molecule has 0 saturated heterocycles. The molecule has 3 aromatic rings. The maximum atomic E-state index is 9.08. The van der Waals surface area contributed by atoms with Gasteiger partial charge in [-0.3, -0.25) is 4.40 Å². The number of hydrogen-bond acceptors (Lipinski definition) is 3. The summed E-state index contributed by atoms with van der Waals surface area (Å²) in [5.41, 5.74) is 5.13. The summed E-state index contributed by atoms with van der Waals surface area (Å²) in [7, 11) is 0. The lowest BCUT2D eigenvalue weighted by Crippen LogP contribution is -2.11. The van der Waals surface area contributed by atoms with E-state index in [0.29, 0.717) is 18.9 Å². The van der Waals surface area contributed by atoms with Crippen molar-refractivity contribution in [2.75, 3.05) is 0 Å². The van der Waals surface area contributed by atoms with Crippen molar-refractivity contribution in [1.29, 1.82) is 5.26 Å². The molecule has 4 nitrogen and oxygen atoms in total. The first-order chi connectivity index (χ1) is 11.9. The molecule has 0 atom stereocenters. The van der Waals surface area contributed by atoms with Gasteiger partial charge in [0.15, 0.2) is 5.88 Å². The molecule has 25 heavy (non-hydrogen) atoms. The zero-order chi connectivity index (χ0) is 18.0. The van der Waals surface area contributed by atoms with E-state index in [9.17, 15) is 0 Å². The van der Waals surface area contributed by atoms with Gasteiger partial charge in [0.25, 0.3) is 0 Å². The molecule has 128 valence electrons. The molecule has 0 spiro atoms. The van der Waals surface area contributed by atoms with Crippen LogP contribution in [-0.2, 0) is 18.4 Å². The molecule has 0 aliphatic rings. The molecule has 2 aromatic heterocycles. The van der Waals surface area contributed by atoms with Crippen LogP contribution in [0.15, 0.2) is 42.5 Å². The van der Waals surface area contributed by atoms with E-state index in [2.05, 4.69) is 56.1 Å². The molecule has 0 saturated carbocycles. The molecular formula is C21H23N3O. The minimum Gasteiger partial charge on any atom is -0.474 e. The van der Waals surface area contributed by atoms with Crippen LogP contribution in [0.4, 0.5) is 0 Å². The maximum absolute atomic E-state index is 9.08. The lowest BCUT2D eigenvalue weighted by atomic mass is 9.87. The lowest BCUT2D eigenvalue weighted by molar-refractivity contribution is 0.289. The van der Waals surface area contributed by atoms with E-state index in [0.717, 1.165) is 22.6 Å². The molecule has 0 N–H and O–H groups in total. The van der Waals surface area contributed by atoms with Crippen molar-refractivity contribution in [2.45, 2.75) is 46.1 Å². The third-order valence-electron chi connectivity index (χ3n) is 4.36. The second-order valence-corrected chi connectivity index (χ2v) is 7.27. The first kappa shape index (κ1) is 17.0. The fraction of sp³-hybridized carbons (Fsp3) is 0.333. The highest BCUT2D eigenvalue weighted by Crippen LogP contribution is 2.24. The largest absolute Gasteiger partial charge is 0.474 e. The average molecular weight is 333 g/mol. The number of aromatic nitrogens is 2. The predicted molar refractivity (Wildman–Crippen MR) is 98.7 cm³/mol. The molecule has 0 aliphatic heterocycles. The SMILES string of the molecule is Cc1nc2cccc(OCc3ccc(C(C)(C)C)cc3)n2c1CC#N. The zero-order valence-corrected chi connectivity index (χ0v) is 15.2. The second kappa shape index (κ2) is 6.60. The topological polar surface area (TPSA) is 50.3 Å². The molecule has 2 heterocycles. The van der Waals surface area contributed by atoms with Gasteiger partial charge in [0.2, 0.25) is 0 Å². The Bertz CT molecular complexity index is 925. The van der Waals surface area contributed by atoms with E-state index in [1.165, 1.54) is 5.56 Å². The molecule has 0 aliphatic carbocycles. The molecular weight excluding hydrogens is 310 g/mol. The number of ether oxygens (including phenoxy) is 1. The second-order valence-electron chi connectivity index (χ2n) is 7.27. The van der Waals surface area contributed by atoms with Gasteiger partial charge < -0.3 is 4.74 Å².